The van der Waals surface area contributed by atoms with Crippen molar-refractivity contribution in [1.82, 2.24) is 15.0 Å². The van der Waals surface area contributed by atoms with Gasteiger partial charge in [-0.1, -0.05) is 17.3 Å². The first kappa shape index (κ1) is 10.4. The first-order valence-electron chi connectivity index (χ1n) is 4.47. The van der Waals surface area contributed by atoms with Crippen molar-refractivity contribution in [3.63, 3.8) is 0 Å². The Labute approximate surface area is 89.5 Å². The first-order valence-corrected chi connectivity index (χ1v) is 4.47. The van der Waals surface area contributed by atoms with Crippen molar-refractivity contribution in [2.75, 3.05) is 0 Å². The van der Waals surface area contributed by atoms with Crippen LogP contribution < -0.4 is 0 Å². The third kappa shape index (κ3) is 1.81. The number of carbonyl (C=O) groups is 1. The lowest BCUT2D eigenvalue weighted by molar-refractivity contribution is 0.112. The number of hydrogen-bond donors (Lipinski definition) is 0. The van der Waals surface area contributed by atoms with E-state index in [-0.39, 0.29) is 0 Å². The summed E-state index contributed by atoms with van der Waals surface area (Å²) in [5, 5.41) is 6.86. The molecule has 82 valence electrons. The zero-order valence-corrected chi connectivity index (χ0v) is 8.05. The molecule has 16 heavy (non-hydrogen) atoms. The normalized spacial score (nSPS) is 10.7. The number of nitrogens with zero attached hydrogens (tertiary/aromatic N) is 3. The summed E-state index contributed by atoms with van der Waals surface area (Å²) in [6, 6.07) is 6.55. The van der Waals surface area contributed by atoms with E-state index >= 15 is 0 Å². The molecule has 4 nitrogen and oxygen atoms in total. The van der Waals surface area contributed by atoms with Gasteiger partial charge in [0.2, 0.25) is 0 Å². The number of para-hydroxylation sites is 1. The summed E-state index contributed by atoms with van der Waals surface area (Å²) in [4.78, 5) is 10.7. The molecule has 0 spiro atoms. The van der Waals surface area contributed by atoms with E-state index in [0.717, 1.165) is 10.9 Å². The number of halogens is 2. The lowest BCUT2D eigenvalue weighted by atomic mass is 10.2. The predicted molar refractivity (Wildman–Crippen MR) is 51.7 cm³/mol. The smallest absolute Gasteiger partial charge is 0.283 e. The zero-order valence-electron chi connectivity index (χ0n) is 8.05. The Morgan fingerprint density at radius 3 is 2.69 bits per heavy atom. The molecule has 0 fully saturated rings. The summed E-state index contributed by atoms with van der Waals surface area (Å²) >= 11 is 0. The fourth-order valence-corrected chi connectivity index (χ4v) is 1.29. The number of benzene rings is 1. The maximum Gasteiger partial charge on any atom is 0.283 e. The van der Waals surface area contributed by atoms with Crippen LogP contribution in [0.2, 0.25) is 0 Å². The van der Waals surface area contributed by atoms with Crippen molar-refractivity contribution in [3.05, 3.63) is 41.7 Å². The highest BCUT2D eigenvalue weighted by Crippen LogP contribution is 2.17. The van der Waals surface area contributed by atoms with E-state index in [1.54, 1.807) is 24.3 Å². The summed E-state index contributed by atoms with van der Waals surface area (Å²) < 4.78 is 25.7. The summed E-state index contributed by atoms with van der Waals surface area (Å²) in [5.41, 5.74) is 0.380. The summed E-state index contributed by atoms with van der Waals surface area (Å²) in [6.07, 6.45) is -0.927. The molecule has 0 unspecified atom stereocenters. The van der Waals surface area contributed by atoms with Gasteiger partial charge in [0.1, 0.15) is 5.69 Å². The average Bonchev–Trinajstić information content (AvgIpc) is 2.78. The van der Waals surface area contributed by atoms with Gasteiger partial charge in [-0.3, -0.25) is 4.79 Å². The Kier molecular flexibility index (Phi) is 2.72. The summed E-state index contributed by atoms with van der Waals surface area (Å²) in [7, 11) is 0. The fourth-order valence-electron chi connectivity index (χ4n) is 1.29. The predicted octanol–water partition coefficient (Wildman–Crippen LogP) is 2.02. The van der Waals surface area contributed by atoms with Crippen molar-refractivity contribution < 1.29 is 13.6 Å². The SMILES string of the molecule is O=Cc1ccccc1-n1cc(C(F)F)nn1. The Hall–Kier alpha value is -2.11. The van der Waals surface area contributed by atoms with Gasteiger partial charge >= 0.3 is 0 Å². The van der Waals surface area contributed by atoms with Gasteiger partial charge in [-0.05, 0) is 12.1 Å². The second kappa shape index (κ2) is 4.18. The molecular weight excluding hydrogens is 216 g/mol. The maximum absolute atomic E-state index is 12.3. The monoisotopic (exact) mass is 223 g/mol. The minimum absolute atomic E-state index is 0.369. The average molecular weight is 223 g/mol. The first-order chi connectivity index (χ1) is 7.72. The lowest BCUT2D eigenvalue weighted by Crippen LogP contribution is -1.99. The van der Waals surface area contributed by atoms with Gasteiger partial charge in [-0.25, -0.2) is 13.5 Å². The minimum atomic E-state index is -2.67. The Morgan fingerprint density at radius 2 is 2.06 bits per heavy atom. The molecule has 0 amide bonds. The Morgan fingerprint density at radius 1 is 1.31 bits per heavy atom. The highest BCUT2D eigenvalue weighted by Gasteiger charge is 2.13. The van der Waals surface area contributed by atoms with Crippen molar-refractivity contribution in [1.29, 1.82) is 0 Å². The van der Waals surface area contributed by atoms with Crippen LogP contribution in [0.4, 0.5) is 8.78 Å². The summed E-state index contributed by atoms with van der Waals surface area (Å²) in [5.74, 6) is 0. The number of hydrogen-bond acceptors (Lipinski definition) is 3. The molecule has 1 aromatic heterocycles. The standard InChI is InChI=1S/C10H7F2N3O/c11-10(12)8-5-15(14-13-8)9-4-2-1-3-7(9)6-16/h1-6,10H. The van der Waals surface area contributed by atoms with E-state index in [1.165, 1.54) is 0 Å². The quantitative estimate of drug-likeness (QED) is 0.748. The zero-order chi connectivity index (χ0) is 11.5. The Bertz CT molecular complexity index is 510. The highest BCUT2D eigenvalue weighted by atomic mass is 19.3. The van der Waals surface area contributed by atoms with Gasteiger partial charge in [0.25, 0.3) is 6.43 Å². The van der Waals surface area contributed by atoms with Crippen molar-refractivity contribution in [2.45, 2.75) is 6.43 Å². The van der Waals surface area contributed by atoms with Crippen LogP contribution in [0.1, 0.15) is 22.5 Å². The van der Waals surface area contributed by atoms with E-state index in [0.29, 0.717) is 17.5 Å². The van der Waals surface area contributed by atoms with Gasteiger partial charge in [-0.2, -0.15) is 0 Å². The van der Waals surface area contributed by atoms with Gasteiger partial charge in [-0.15, -0.1) is 5.10 Å². The number of carbonyl (C=O) groups excluding carboxylic acids is 1. The van der Waals surface area contributed by atoms with Crippen molar-refractivity contribution >= 4 is 6.29 Å². The number of alkyl halides is 2. The van der Waals surface area contributed by atoms with E-state index in [1.807, 2.05) is 0 Å². The van der Waals surface area contributed by atoms with E-state index in [9.17, 15) is 13.6 Å². The van der Waals surface area contributed by atoms with E-state index in [2.05, 4.69) is 10.3 Å². The second-order valence-corrected chi connectivity index (χ2v) is 3.07. The molecule has 0 saturated carbocycles. The number of aldehydes is 1. The Balaban J connectivity index is 2.46. The molecule has 0 bridgehead atoms. The molecule has 6 heteroatoms. The fraction of sp³-hybridized carbons (Fsp3) is 0.100. The highest BCUT2D eigenvalue weighted by molar-refractivity contribution is 5.80. The van der Waals surface area contributed by atoms with Crippen LogP contribution in [0.25, 0.3) is 5.69 Å². The van der Waals surface area contributed by atoms with Crippen LogP contribution in [0.3, 0.4) is 0 Å². The molecule has 2 rings (SSSR count). The molecule has 0 radical (unpaired) electrons. The topological polar surface area (TPSA) is 47.8 Å². The third-order valence-electron chi connectivity index (χ3n) is 2.05. The largest absolute Gasteiger partial charge is 0.298 e. The second-order valence-electron chi connectivity index (χ2n) is 3.07. The van der Waals surface area contributed by atoms with Crippen molar-refractivity contribution in [3.8, 4) is 5.69 Å². The maximum atomic E-state index is 12.3. The molecule has 0 aliphatic carbocycles. The molecule has 0 aliphatic heterocycles. The number of rotatable bonds is 3. The minimum Gasteiger partial charge on any atom is -0.298 e. The van der Waals surface area contributed by atoms with Crippen LogP contribution in [0.5, 0.6) is 0 Å². The van der Waals surface area contributed by atoms with Gasteiger partial charge < -0.3 is 0 Å². The van der Waals surface area contributed by atoms with Crippen molar-refractivity contribution in [2.24, 2.45) is 0 Å². The molecule has 0 aliphatic rings. The molecule has 0 atom stereocenters. The van der Waals surface area contributed by atoms with Crippen LogP contribution in [0.15, 0.2) is 30.5 Å². The lowest BCUT2D eigenvalue weighted by Gasteiger charge is -2.01. The molecule has 2 aromatic rings. The van der Waals surface area contributed by atoms with Crippen LogP contribution in [0, 0.1) is 0 Å². The summed E-state index contributed by atoms with van der Waals surface area (Å²) in [6.45, 7) is 0. The molecular formula is C10H7F2N3O. The molecule has 1 heterocycles. The third-order valence-corrected chi connectivity index (χ3v) is 2.05. The van der Waals surface area contributed by atoms with E-state index < -0.39 is 12.1 Å². The molecule has 0 saturated heterocycles. The van der Waals surface area contributed by atoms with Crippen LogP contribution >= 0.6 is 0 Å². The van der Waals surface area contributed by atoms with Crippen LogP contribution in [-0.2, 0) is 0 Å². The van der Waals surface area contributed by atoms with Crippen LogP contribution in [-0.4, -0.2) is 21.3 Å². The van der Waals surface area contributed by atoms with Gasteiger partial charge in [0.05, 0.1) is 11.9 Å². The van der Waals surface area contributed by atoms with Gasteiger partial charge in [0.15, 0.2) is 6.29 Å². The molecule has 1 aromatic carbocycles. The van der Waals surface area contributed by atoms with Gasteiger partial charge in [0, 0.05) is 5.56 Å². The number of aromatic nitrogens is 3. The van der Waals surface area contributed by atoms with E-state index in [4.69, 9.17) is 0 Å². The molecule has 0 N–H and O–H groups in total.